The Balaban J connectivity index is 2.24. The first-order valence-corrected chi connectivity index (χ1v) is 6.49. The van der Waals surface area contributed by atoms with Gasteiger partial charge in [0, 0.05) is 25.9 Å². The molecule has 1 fully saturated rings. The SMILES string of the molecule is COC1CN(c2nc(C)cc(C(=N)N)n2)CCC1C. The van der Waals surface area contributed by atoms with E-state index in [2.05, 4.69) is 21.8 Å². The number of amidine groups is 1. The molecule has 0 radical (unpaired) electrons. The van der Waals surface area contributed by atoms with Crippen molar-refractivity contribution < 1.29 is 4.74 Å². The van der Waals surface area contributed by atoms with Crippen LogP contribution in [0.25, 0.3) is 0 Å². The average Bonchev–Trinajstić information content (AvgIpc) is 2.38. The molecule has 19 heavy (non-hydrogen) atoms. The molecule has 1 aliphatic heterocycles. The van der Waals surface area contributed by atoms with Crippen LogP contribution in [-0.4, -0.2) is 42.1 Å². The standard InChI is InChI=1S/C13H21N5O/c1-8-4-5-18(7-11(8)19-3)13-16-9(2)6-10(17-13)12(14)15/h6,8,11H,4-5,7H2,1-3H3,(H3,14,15). The van der Waals surface area contributed by atoms with Crippen molar-refractivity contribution in [3.05, 3.63) is 17.5 Å². The molecule has 6 heteroatoms. The van der Waals surface area contributed by atoms with Gasteiger partial charge in [0.15, 0.2) is 0 Å². The third-order valence-corrected chi connectivity index (χ3v) is 3.59. The smallest absolute Gasteiger partial charge is 0.226 e. The lowest BCUT2D eigenvalue weighted by atomic mass is 9.96. The lowest BCUT2D eigenvalue weighted by Crippen LogP contribution is -2.44. The van der Waals surface area contributed by atoms with Gasteiger partial charge in [-0.2, -0.15) is 0 Å². The van der Waals surface area contributed by atoms with Gasteiger partial charge in [0.1, 0.15) is 11.5 Å². The maximum absolute atomic E-state index is 7.49. The molecule has 104 valence electrons. The van der Waals surface area contributed by atoms with E-state index < -0.39 is 0 Å². The summed E-state index contributed by atoms with van der Waals surface area (Å²) in [6.07, 6.45) is 1.24. The number of nitrogen functional groups attached to an aromatic ring is 1. The number of piperidine rings is 1. The fourth-order valence-corrected chi connectivity index (χ4v) is 2.35. The highest BCUT2D eigenvalue weighted by atomic mass is 16.5. The van der Waals surface area contributed by atoms with Gasteiger partial charge in [-0.25, -0.2) is 9.97 Å². The molecule has 0 bridgehead atoms. The van der Waals surface area contributed by atoms with Crippen LogP contribution in [0.4, 0.5) is 5.95 Å². The Hall–Kier alpha value is -1.69. The van der Waals surface area contributed by atoms with Gasteiger partial charge < -0.3 is 15.4 Å². The molecule has 0 spiro atoms. The predicted octanol–water partition coefficient (Wildman–Crippen LogP) is 0.930. The fourth-order valence-electron chi connectivity index (χ4n) is 2.35. The number of nitrogens with one attached hydrogen (secondary N) is 1. The Kier molecular flexibility index (Phi) is 3.99. The van der Waals surface area contributed by atoms with Gasteiger partial charge in [0.05, 0.1) is 6.10 Å². The van der Waals surface area contributed by atoms with Crippen LogP contribution in [0.3, 0.4) is 0 Å². The first kappa shape index (κ1) is 13.7. The van der Waals surface area contributed by atoms with Gasteiger partial charge in [0.25, 0.3) is 0 Å². The lowest BCUT2D eigenvalue weighted by Gasteiger charge is -2.36. The number of nitrogens with zero attached hydrogens (tertiary/aromatic N) is 3. The molecule has 2 unspecified atom stereocenters. The first-order valence-electron chi connectivity index (χ1n) is 6.49. The quantitative estimate of drug-likeness (QED) is 0.625. The van der Waals surface area contributed by atoms with Crippen LogP contribution in [0.5, 0.6) is 0 Å². The van der Waals surface area contributed by atoms with Crippen LogP contribution in [0.2, 0.25) is 0 Å². The number of rotatable bonds is 3. The maximum atomic E-state index is 7.49. The minimum Gasteiger partial charge on any atom is -0.382 e. The number of hydrogen-bond donors (Lipinski definition) is 2. The summed E-state index contributed by atoms with van der Waals surface area (Å²) in [6, 6.07) is 1.73. The van der Waals surface area contributed by atoms with E-state index in [4.69, 9.17) is 15.9 Å². The molecule has 1 aliphatic rings. The second-order valence-corrected chi connectivity index (χ2v) is 5.09. The van der Waals surface area contributed by atoms with Crippen molar-refractivity contribution >= 4 is 11.8 Å². The van der Waals surface area contributed by atoms with Crippen molar-refractivity contribution in [3.63, 3.8) is 0 Å². The second-order valence-electron chi connectivity index (χ2n) is 5.09. The monoisotopic (exact) mass is 263 g/mol. The Labute approximate surface area is 113 Å². The number of anilines is 1. The molecule has 6 nitrogen and oxygen atoms in total. The molecular weight excluding hydrogens is 242 g/mol. The third kappa shape index (κ3) is 3.01. The Morgan fingerprint density at radius 1 is 1.53 bits per heavy atom. The highest BCUT2D eigenvalue weighted by molar-refractivity contribution is 5.93. The third-order valence-electron chi connectivity index (χ3n) is 3.59. The average molecular weight is 263 g/mol. The molecule has 2 atom stereocenters. The number of aryl methyl sites for hydroxylation is 1. The molecule has 1 saturated heterocycles. The summed E-state index contributed by atoms with van der Waals surface area (Å²) in [4.78, 5) is 10.9. The number of methoxy groups -OCH3 is 1. The molecular formula is C13H21N5O. The molecule has 2 rings (SSSR count). The minimum absolute atomic E-state index is 0.0274. The summed E-state index contributed by atoms with van der Waals surface area (Å²) < 4.78 is 5.50. The Morgan fingerprint density at radius 2 is 2.26 bits per heavy atom. The van der Waals surface area contributed by atoms with Crippen LogP contribution in [0.15, 0.2) is 6.07 Å². The van der Waals surface area contributed by atoms with Gasteiger partial charge in [-0.15, -0.1) is 0 Å². The van der Waals surface area contributed by atoms with Gasteiger partial charge in [0.2, 0.25) is 5.95 Å². The van der Waals surface area contributed by atoms with Crippen LogP contribution in [0.1, 0.15) is 24.7 Å². The molecule has 0 aliphatic carbocycles. The molecule has 3 N–H and O–H groups in total. The Morgan fingerprint density at radius 3 is 2.89 bits per heavy atom. The van der Waals surface area contributed by atoms with E-state index in [1.54, 1.807) is 13.2 Å². The highest BCUT2D eigenvalue weighted by Gasteiger charge is 2.27. The van der Waals surface area contributed by atoms with E-state index in [9.17, 15) is 0 Å². The number of aromatic nitrogens is 2. The van der Waals surface area contributed by atoms with Gasteiger partial charge >= 0.3 is 0 Å². The maximum Gasteiger partial charge on any atom is 0.226 e. The van der Waals surface area contributed by atoms with Crippen LogP contribution in [-0.2, 0) is 4.74 Å². The summed E-state index contributed by atoms with van der Waals surface area (Å²) in [5, 5.41) is 7.49. The second kappa shape index (κ2) is 5.52. The van der Waals surface area contributed by atoms with Gasteiger partial charge in [-0.3, -0.25) is 5.41 Å². The lowest BCUT2D eigenvalue weighted by molar-refractivity contribution is 0.0494. The Bertz CT molecular complexity index is 476. The van der Waals surface area contributed by atoms with E-state index in [0.29, 0.717) is 17.6 Å². The van der Waals surface area contributed by atoms with Crippen molar-refractivity contribution in [3.8, 4) is 0 Å². The number of ether oxygens (including phenoxy) is 1. The van der Waals surface area contributed by atoms with Crippen LogP contribution < -0.4 is 10.6 Å². The number of nitrogens with two attached hydrogens (primary N) is 1. The highest BCUT2D eigenvalue weighted by Crippen LogP contribution is 2.22. The molecule has 2 heterocycles. The largest absolute Gasteiger partial charge is 0.382 e. The van der Waals surface area contributed by atoms with E-state index in [1.807, 2.05) is 6.92 Å². The van der Waals surface area contributed by atoms with Crippen LogP contribution >= 0.6 is 0 Å². The van der Waals surface area contributed by atoms with E-state index >= 15 is 0 Å². The van der Waals surface area contributed by atoms with E-state index in [-0.39, 0.29) is 11.9 Å². The molecule has 0 aromatic carbocycles. The molecule has 0 amide bonds. The minimum atomic E-state index is -0.0274. The predicted molar refractivity (Wildman–Crippen MR) is 74.6 cm³/mol. The summed E-state index contributed by atoms with van der Waals surface area (Å²) in [5.41, 5.74) is 6.81. The zero-order valence-electron chi connectivity index (χ0n) is 11.7. The van der Waals surface area contributed by atoms with E-state index in [1.165, 1.54) is 0 Å². The summed E-state index contributed by atoms with van der Waals surface area (Å²) in [5.74, 6) is 1.15. The zero-order chi connectivity index (χ0) is 14.0. The zero-order valence-corrected chi connectivity index (χ0v) is 11.7. The van der Waals surface area contributed by atoms with Crippen molar-refractivity contribution in [1.82, 2.24) is 9.97 Å². The van der Waals surface area contributed by atoms with Gasteiger partial charge in [-0.1, -0.05) is 6.92 Å². The van der Waals surface area contributed by atoms with Gasteiger partial charge in [-0.05, 0) is 25.3 Å². The molecule has 0 saturated carbocycles. The normalized spacial score (nSPS) is 23.4. The van der Waals surface area contributed by atoms with E-state index in [0.717, 1.165) is 25.2 Å². The van der Waals surface area contributed by atoms with Crippen LogP contribution in [0, 0.1) is 18.3 Å². The number of hydrogen-bond acceptors (Lipinski definition) is 5. The first-order chi connectivity index (χ1) is 9.01. The summed E-state index contributed by atoms with van der Waals surface area (Å²) >= 11 is 0. The topological polar surface area (TPSA) is 88.1 Å². The molecule has 1 aromatic heterocycles. The van der Waals surface area contributed by atoms with Crippen molar-refractivity contribution in [2.75, 3.05) is 25.1 Å². The molecule has 1 aromatic rings. The van der Waals surface area contributed by atoms with Crippen molar-refractivity contribution in [1.29, 1.82) is 5.41 Å². The van der Waals surface area contributed by atoms with Crippen molar-refractivity contribution in [2.45, 2.75) is 26.4 Å². The summed E-state index contributed by atoms with van der Waals surface area (Å²) in [6.45, 7) is 5.77. The fraction of sp³-hybridized carbons (Fsp3) is 0.615. The van der Waals surface area contributed by atoms with Crippen molar-refractivity contribution in [2.24, 2.45) is 11.7 Å². The summed E-state index contributed by atoms with van der Waals surface area (Å²) in [7, 11) is 1.74.